The Hall–Kier alpha value is -0.320. The van der Waals surface area contributed by atoms with Crippen LogP contribution in [0.5, 0.6) is 0 Å². The van der Waals surface area contributed by atoms with Crippen LogP contribution in [0.15, 0.2) is 0 Å². The lowest BCUT2D eigenvalue weighted by Gasteiger charge is -2.43. The minimum Gasteiger partial charge on any atom is -0.339 e. The Labute approximate surface area is 104 Å². The number of nitrogens with two attached hydrogens (primary N) is 1. The summed E-state index contributed by atoms with van der Waals surface area (Å²) in [5, 5.41) is 0. The molecule has 1 atom stereocenters. The van der Waals surface area contributed by atoms with E-state index in [1.165, 1.54) is 19.3 Å². The van der Waals surface area contributed by atoms with Crippen molar-refractivity contribution in [2.45, 2.75) is 38.3 Å². The SMILES string of the molecule is CC(N)C(=O)N1CCN(C2CCC2)CC1.Cl. The van der Waals surface area contributed by atoms with E-state index < -0.39 is 0 Å². The molecule has 1 aliphatic carbocycles. The molecule has 1 unspecified atom stereocenters. The monoisotopic (exact) mass is 247 g/mol. The number of amides is 1. The summed E-state index contributed by atoms with van der Waals surface area (Å²) in [4.78, 5) is 16.1. The molecule has 0 spiro atoms. The molecule has 1 heterocycles. The molecule has 0 aromatic heterocycles. The molecular weight excluding hydrogens is 226 g/mol. The Morgan fingerprint density at radius 3 is 2.19 bits per heavy atom. The van der Waals surface area contributed by atoms with E-state index >= 15 is 0 Å². The number of carbonyl (C=O) groups excluding carboxylic acids is 1. The van der Waals surface area contributed by atoms with Crippen molar-refractivity contribution in [3.05, 3.63) is 0 Å². The van der Waals surface area contributed by atoms with Gasteiger partial charge in [-0.25, -0.2) is 0 Å². The fourth-order valence-corrected chi connectivity index (χ4v) is 2.35. The Morgan fingerprint density at radius 2 is 1.81 bits per heavy atom. The molecule has 2 fully saturated rings. The van der Waals surface area contributed by atoms with Gasteiger partial charge in [-0.2, -0.15) is 0 Å². The molecule has 2 rings (SSSR count). The van der Waals surface area contributed by atoms with Crippen LogP contribution in [0.1, 0.15) is 26.2 Å². The fraction of sp³-hybridized carbons (Fsp3) is 0.909. The number of rotatable bonds is 2. The number of piperazine rings is 1. The highest BCUT2D eigenvalue weighted by Crippen LogP contribution is 2.25. The maximum Gasteiger partial charge on any atom is 0.239 e. The van der Waals surface area contributed by atoms with Gasteiger partial charge in [-0.1, -0.05) is 6.42 Å². The predicted molar refractivity (Wildman–Crippen MR) is 66.7 cm³/mol. The van der Waals surface area contributed by atoms with Gasteiger partial charge >= 0.3 is 0 Å². The summed E-state index contributed by atoms with van der Waals surface area (Å²) in [5.74, 6) is 0.100. The molecule has 2 N–H and O–H groups in total. The zero-order valence-electron chi connectivity index (χ0n) is 9.89. The third-order valence-corrected chi connectivity index (χ3v) is 3.61. The first-order chi connectivity index (χ1) is 7.18. The van der Waals surface area contributed by atoms with E-state index in [1.807, 2.05) is 4.90 Å². The Bertz CT molecular complexity index is 235. The standard InChI is InChI=1S/C11H21N3O.ClH/c1-9(12)11(15)14-7-5-13(6-8-14)10-3-2-4-10;/h9-10H,2-8,12H2,1H3;1H. The molecule has 1 aliphatic heterocycles. The number of hydrogen-bond donors (Lipinski definition) is 1. The second kappa shape index (κ2) is 5.84. The van der Waals surface area contributed by atoms with Crippen molar-refractivity contribution in [3.63, 3.8) is 0 Å². The molecule has 4 nitrogen and oxygen atoms in total. The van der Waals surface area contributed by atoms with E-state index in [0.29, 0.717) is 0 Å². The van der Waals surface area contributed by atoms with E-state index in [4.69, 9.17) is 5.73 Å². The van der Waals surface area contributed by atoms with E-state index in [0.717, 1.165) is 32.2 Å². The zero-order chi connectivity index (χ0) is 10.8. The van der Waals surface area contributed by atoms with Crippen molar-refractivity contribution in [3.8, 4) is 0 Å². The Morgan fingerprint density at radius 1 is 1.25 bits per heavy atom. The predicted octanol–water partition coefficient (Wildman–Crippen LogP) is 0.452. The van der Waals surface area contributed by atoms with Crippen LogP contribution in [0, 0.1) is 0 Å². The molecule has 5 heteroatoms. The third kappa shape index (κ3) is 2.87. The topological polar surface area (TPSA) is 49.6 Å². The molecule has 1 saturated heterocycles. The van der Waals surface area contributed by atoms with E-state index in [1.54, 1.807) is 6.92 Å². The van der Waals surface area contributed by atoms with Gasteiger partial charge in [0.05, 0.1) is 6.04 Å². The van der Waals surface area contributed by atoms with Crippen molar-refractivity contribution >= 4 is 18.3 Å². The van der Waals surface area contributed by atoms with Crippen LogP contribution in [-0.4, -0.2) is 54.0 Å². The van der Waals surface area contributed by atoms with Crippen molar-refractivity contribution in [2.24, 2.45) is 5.73 Å². The second-order valence-electron chi connectivity index (χ2n) is 4.73. The summed E-state index contributed by atoms with van der Waals surface area (Å²) in [6, 6.07) is 0.456. The summed E-state index contributed by atoms with van der Waals surface area (Å²) in [6.45, 7) is 5.54. The van der Waals surface area contributed by atoms with Crippen LogP contribution in [0.3, 0.4) is 0 Å². The van der Waals surface area contributed by atoms with Crippen molar-refractivity contribution in [1.82, 2.24) is 9.80 Å². The van der Waals surface area contributed by atoms with Crippen LogP contribution < -0.4 is 5.73 Å². The van der Waals surface area contributed by atoms with Crippen LogP contribution >= 0.6 is 12.4 Å². The van der Waals surface area contributed by atoms with Crippen LogP contribution in [0.2, 0.25) is 0 Å². The van der Waals surface area contributed by atoms with Crippen molar-refractivity contribution < 1.29 is 4.79 Å². The summed E-state index contributed by atoms with van der Waals surface area (Å²) >= 11 is 0. The molecule has 94 valence electrons. The molecule has 0 aromatic rings. The lowest BCUT2D eigenvalue weighted by molar-refractivity contribution is -0.134. The molecule has 0 radical (unpaired) electrons. The fourth-order valence-electron chi connectivity index (χ4n) is 2.35. The molecule has 0 aromatic carbocycles. The first-order valence-corrected chi connectivity index (χ1v) is 5.97. The van der Waals surface area contributed by atoms with Gasteiger partial charge in [0.2, 0.25) is 5.91 Å². The summed E-state index contributed by atoms with van der Waals surface area (Å²) < 4.78 is 0. The van der Waals surface area contributed by atoms with Gasteiger partial charge in [0.25, 0.3) is 0 Å². The van der Waals surface area contributed by atoms with Crippen LogP contribution in [-0.2, 0) is 4.79 Å². The highest BCUT2D eigenvalue weighted by atomic mass is 35.5. The van der Waals surface area contributed by atoms with E-state index in [9.17, 15) is 4.79 Å². The van der Waals surface area contributed by atoms with Crippen LogP contribution in [0.4, 0.5) is 0 Å². The Kier molecular flexibility index (Phi) is 5.02. The third-order valence-electron chi connectivity index (χ3n) is 3.61. The lowest BCUT2D eigenvalue weighted by Crippen LogP contribution is -2.55. The van der Waals surface area contributed by atoms with Gasteiger partial charge in [0, 0.05) is 32.2 Å². The number of hydrogen-bond acceptors (Lipinski definition) is 3. The van der Waals surface area contributed by atoms with Crippen molar-refractivity contribution in [2.75, 3.05) is 26.2 Å². The summed E-state index contributed by atoms with van der Waals surface area (Å²) in [7, 11) is 0. The minimum atomic E-state index is -0.347. The van der Waals surface area contributed by atoms with Gasteiger partial charge in [-0.05, 0) is 19.8 Å². The average Bonchev–Trinajstić information content (AvgIpc) is 2.15. The van der Waals surface area contributed by atoms with Gasteiger partial charge in [0.1, 0.15) is 0 Å². The minimum absolute atomic E-state index is 0. The molecule has 1 amide bonds. The molecule has 2 aliphatic rings. The van der Waals surface area contributed by atoms with E-state index in [2.05, 4.69) is 4.90 Å². The number of halogens is 1. The smallest absolute Gasteiger partial charge is 0.239 e. The first-order valence-electron chi connectivity index (χ1n) is 5.97. The van der Waals surface area contributed by atoms with Gasteiger partial charge in [-0.15, -0.1) is 12.4 Å². The van der Waals surface area contributed by atoms with Crippen LogP contribution in [0.25, 0.3) is 0 Å². The molecule has 16 heavy (non-hydrogen) atoms. The lowest BCUT2D eigenvalue weighted by atomic mass is 9.91. The zero-order valence-corrected chi connectivity index (χ0v) is 10.7. The molecule has 1 saturated carbocycles. The average molecular weight is 248 g/mol. The van der Waals surface area contributed by atoms with Crippen molar-refractivity contribution in [1.29, 1.82) is 0 Å². The maximum atomic E-state index is 11.6. The largest absolute Gasteiger partial charge is 0.339 e. The Balaban J connectivity index is 0.00000128. The quantitative estimate of drug-likeness (QED) is 0.771. The van der Waals surface area contributed by atoms with Gasteiger partial charge in [0.15, 0.2) is 0 Å². The highest BCUT2D eigenvalue weighted by molar-refractivity contribution is 5.85. The second-order valence-corrected chi connectivity index (χ2v) is 4.73. The molecular formula is C11H22ClN3O. The van der Waals surface area contributed by atoms with Gasteiger partial charge < -0.3 is 10.6 Å². The normalized spacial score (nSPS) is 24.5. The summed E-state index contributed by atoms with van der Waals surface area (Å²) in [5.41, 5.74) is 5.59. The van der Waals surface area contributed by atoms with E-state index in [-0.39, 0.29) is 24.4 Å². The highest BCUT2D eigenvalue weighted by Gasteiger charge is 2.29. The van der Waals surface area contributed by atoms with Gasteiger partial charge in [-0.3, -0.25) is 9.69 Å². The number of carbonyl (C=O) groups is 1. The number of nitrogens with zero attached hydrogens (tertiary/aromatic N) is 2. The molecule has 0 bridgehead atoms. The maximum absolute atomic E-state index is 11.6. The summed E-state index contributed by atoms with van der Waals surface area (Å²) in [6.07, 6.45) is 4.08. The first kappa shape index (κ1) is 13.7.